The number of halogens is 3. The van der Waals surface area contributed by atoms with Crippen LogP contribution in [0, 0.1) is 0 Å². The highest BCUT2D eigenvalue weighted by Crippen LogP contribution is 2.21. The lowest BCUT2D eigenvalue weighted by atomic mass is 10.3. The van der Waals surface area contributed by atoms with Crippen LogP contribution in [0.2, 0.25) is 0 Å². The Kier molecular flexibility index (Phi) is 4.74. The molecule has 17 heavy (non-hydrogen) atoms. The highest BCUT2D eigenvalue weighted by Gasteiger charge is 2.26. The van der Waals surface area contributed by atoms with Gasteiger partial charge >= 0.3 is 12.3 Å². The first kappa shape index (κ1) is 13.3. The van der Waals surface area contributed by atoms with Crippen LogP contribution in [0.15, 0.2) is 29.5 Å². The molecule has 0 atom stereocenters. The maximum Gasteiger partial charge on any atom is 0.419 e. The minimum atomic E-state index is -4.22. The number of nitrogens with zero attached hydrogens (tertiary/aromatic N) is 2. The molecule has 0 unspecified atom stereocenters. The molecule has 1 amide bonds. The third kappa shape index (κ3) is 5.74. The van der Waals surface area contributed by atoms with Gasteiger partial charge in [-0.25, -0.2) is 14.7 Å². The molecule has 0 bridgehead atoms. The summed E-state index contributed by atoms with van der Waals surface area (Å²) >= 11 is 0. The van der Waals surface area contributed by atoms with E-state index in [2.05, 4.69) is 9.73 Å². The maximum atomic E-state index is 11.8. The summed E-state index contributed by atoms with van der Waals surface area (Å²) in [5, 5.41) is 0. The zero-order chi connectivity index (χ0) is 12.7. The average molecular weight is 248 g/mol. The van der Waals surface area contributed by atoms with Crippen LogP contribution in [0.5, 0.6) is 0 Å². The van der Waals surface area contributed by atoms with Crippen LogP contribution in [-0.4, -0.2) is 30.1 Å². The molecule has 1 aliphatic heterocycles. The second-order valence-corrected chi connectivity index (χ2v) is 3.19. The van der Waals surface area contributed by atoms with E-state index in [-0.39, 0.29) is 13.0 Å². The van der Waals surface area contributed by atoms with Gasteiger partial charge in [0.25, 0.3) is 0 Å². The molecule has 0 saturated carbocycles. The number of ether oxygens (including phenoxy) is 1. The van der Waals surface area contributed by atoms with Crippen molar-refractivity contribution in [2.75, 3.05) is 6.61 Å². The molecular formula is C10H11F3N2O2. The lowest BCUT2D eigenvalue weighted by molar-refractivity contribution is -0.137. The predicted octanol–water partition coefficient (Wildman–Crippen LogP) is 2.84. The van der Waals surface area contributed by atoms with Crippen LogP contribution in [0.25, 0.3) is 0 Å². The first-order valence-corrected chi connectivity index (χ1v) is 4.87. The Morgan fingerprint density at radius 3 is 2.82 bits per heavy atom. The van der Waals surface area contributed by atoms with Crippen LogP contribution in [0.3, 0.4) is 0 Å². The van der Waals surface area contributed by atoms with Crippen molar-refractivity contribution in [3.63, 3.8) is 0 Å². The number of hydrogen-bond donors (Lipinski definition) is 0. The maximum absolute atomic E-state index is 11.8. The van der Waals surface area contributed by atoms with Crippen molar-refractivity contribution in [1.29, 1.82) is 0 Å². The zero-order valence-corrected chi connectivity index (χ0v) is 8.85. The Balaban J connectivity index is 2.26. The third-order valence-electron chi connectivity index (χ3n) is 1.76. The molecule has 0 spiro atoms. The molecule has 4 nitrogen and oxygen atoms in total. The smallest absolute Gasteiger partial charge is 0.419 e. The lowest BCUT2D eigenvalue weighted by Gasteiger charge is -2.12. The van der Waals surface area contributed by atoms with Crippen molar-refractivity contribution in [1.82, 2.24) is 4.90 Å². The quantitative estimate of drug-likeness (QED) is 0.720. The number of carbonyl (C=O) groups is 1. The Labute approximate surface area is 96.1 Å². The van der Waals surface area contributed by atoms with Gasteiger partial charge in [0.05, 0.1) is 6.61 Å². The molecule has 0 aromatic heterocycles. The summed E-state index contributed by atoms with van der Waals surface area (Å²) < 4.78 is 40.0. The van der Waals surface area contributed by atoms with Gasteiger partial charge in [0, 0.05) is 18.8 Å². The van der Waals surface area contributed by atoms with Gasteiger partial charge in [-0.2, -0.15) is 13.2 Å². The van der Waals surface area contributed by atoms with Gasteiger partial charge in [-0.1, -0.05) is 0 Å². The van der Waals surface area contributed by atoms with Crippen molar-refractivity contribution < 1.29 is 22.7 Å². The third-order valence-corrected chi connectivity index (χ3v) is 1.76. The van der Waals surface area contributed by atoms with Gasteiger partial charge in [-0.3, -0.25) is 0 Å². The molecule has 0 aromatic carbocycles. The van der Waals surface area contributed by atoms with Crippen molar-refractivity contribution >= 4 is 12.4 Å². The highest BCUT2D eigenvalue weighted by atomic mass is 19.4. The molecule has 0 aromatic rings. The summed E-state index contributed by atoms with van der Waals surface area (Å²) in [5.74, 6) is 0. The summed E-state index contributed by atoms with van der Waals surface area (Å²) in [6, 6.07) is 0. The first-order valence-electron chi connectivity index (χ1n) is 4.87. The van der Waals surface area contributed by atoms with E-state index < -0.39 is 18.7 Å². The molecule has 1 heterocycles. The second kappa shape index (κ2) is 6.07. The van der Waals surface area contributed by atoms with E-state index in [1.807, 2.05) is 0 Å². The van der Waals surface area contributed by atoms with E-state index >= 15 is 0 Å². The first-order chi connectivity index (χ1) is 7.99. The highest BCUT2D eigenvalue weighted by molar-refractivity contribution is 5.84. The summed E-state index contributed by atoms with van der Waals surface area (Å²) in [6.07, 6.45) is 1.06. The van der Waals surface area contributed by atoms with Crippen LogP contribution >= 0.6 is 0 Å². The van der Waals surface area contributed by atoms with E-state index in [4.69, 9.17) is 0 Å². The van der Waals surface area contributed by atoms with E-state index in [1.165, 1.54) is 18.7 Å². The fourth-order valence-electron chi connectivity index (χ4n) is 1.01. The van der Waals surface area contributed by atoms with E-state index in [9.17, 15) is 18.0 Å². The lowest BCUT2D eigenvalue weighted by Crippen LogP contribution is -2.25. The molecule has 1 aliphatic rings. The minimum absolute atomic E-state index is 0.248. The number of aliphatic imine (C=N–C) groups is 1. The number of carbonyl (C=O) groups excluding carboxylic acids is 1. The van der Waals surface area contributed by atoms with E-state index in [0.29, 0.717) is 0 Å². The molecule has 0 radical (unpaired) electrons. The largest absolute Gasteiger partial charge is 0.449 e. The molecule has 1 rings (SSSR count). The summed E-state index contributed by atoms with van der Waals surface area (Å²) in [7, 11) is 0. The number of amides is 1. The SMILES string of the molecule is O=C(OCCCC(F)(F)F)N1C=CC=CN=C1. The summed E-state index contributed by atoms with van der Waals surface area (Å²) in [5.41, 5.74) is 0. The fourth-order valence-corrected chi connectivity index (χ4v) is 1.01. The summed E-state index contributed by atoms with van der Waals surface area (Å²) in [4.78, 5) is 16.1. The van der Waals surface area contributed by atoms with Crippen molar-refractivity contribution in [2.24, 2.45) is 4.99 Å². The molecule has 0 saturated heterocycles. The van der Waals surface area contributed by atoms with Gasteiger partial charge in [0.2, 0.25) is 0 Å². The topological polar surface area (TPSA) is 41.9 Å². The molecular weight excluding hydrogens is 237 g/mol. The monoisotopic (exact) mass is 248 g/mol. The fraction of sp³-hybridized carbons (Fsp3) is 0.400. The van der Waals surface area contributed by atoms with Crippen LogP contribution in [0.4, 0.5) is 18.0 Å². The molecule has 0 fully saturated rings. The van der Waals surface area contributed by atoms with Crippen molar-refractivity contribution in [3.05, 3.63) is 24.6 Å². The van der Waals surface area contributed by atoms with Gasteiger partial charge in [0.15, 0.2) is 0 Å². The number of alkyl halides is 3. The Bertz CT molecular complexity index is 332. The van der Waals surface area contributed by atoms with Crippen molar-refractivity contribution in [3.8, 4) is 0 Å². The number of hydrogen-bond acceptors (Lipinski definition) is 3. The van der Waals surface area contributed by atoms with Crippen molar-refractivity contribution in [2.45, 2.75) is 19.0 Å². The van der Waals surface area contributed by atoms with E-state index in [0.717, 1.165) is 4.90 Å². The average Bonchev–Trinajstić information content (AvgIpc) is 2.51. The molecule has 0 aliphatic carbocycles. The Morgan fingerprint density at radius 1 is 1.35 bits per heavy atom. The molecule has 94 valence electrons. The molecule has 7 heteroatoms. The summed E-state index contributed by atoms with van der Waals surface area (Å²) in [6.45, 7) is -0.274. The Morgan fingerprint density at radius 2 is 2.12 bits per heavy atom. The second-order valence-electron chi connectivity index (χ2n) is 3.19. The van der Waals surface area contributed by atoms with Gasteiger partial charge in [-0.15, -0.1) is 0 Å². The number of allylic oxidation sites excluding steroid dienone is 2. The normalized spacial score (nSPS) is 14.9. The predicted molar refractivity (Wildman–Crippen MR) is 55.2 cm³/mol. The standard InChI is InChI=1S/C10H11F3N2O2/c11-10(12,13)4-3-7-17-9(16)15-6-2-1-5-14-8-15/h1-2,5-6,8H,3-4,7H2. The van der Waals surface area contributed by atoms with Crippen LogP contribution < -0.4 is 0 Å². The Hall–Kier alpha value is -1.79. The van der Waals surface area contributed by atoms with Crippen LogP contribution in [0.1, 0.15) is 12.8 Å². The minimum Gasteiger partial charge on any atom is -0.449 e. The van der Waals surface area contributed by atoms with E-state index in [1.54, 1.807) is 12.2 Å². The van der Waals surface area contributed by atoms with Gasteiger partial charge in [-0.05, 0) is 18.6 Å². The number of rotatable bonds is 3. The van der Waals surface area contributed by atoms with Gasteiger partial charge in [0.1, 0.15) is 6.34 Å². The molecule has 0 N–H and O–H groups in total. The van der Waals surface area contributed by atoms with Gasteiger partial charge < -0.3 is 4.74 Å². The zero-order valence-electron chi connectivity index (χ0n) is 8.85. The van der Waals surface area contributed by atoms with Crippen LogP contribution in [-0.2, 0) is 4.74 Å².